The van der Waals surface area contributed by atoms with Gasteiger partial charge < -0.3 is 0 Å². The van der Waals surface area contributed by atoms with Gasteiger partial charge in [-0.15, -0.1) is 0 Å². The Morgan fingerprint density at radius 1 is 1.33 bits per heavy atom. The number of Topliss-reactive ketones (excluding diaryl/α,β-unsaturated/α-hetero) is 1. The molecule has 106 valence electrons. The smallest absolute Gasteiger partial charge is 0.285 e. The number of aromatic nitrogens is 2. The van der Waals surface area contributed by atoms with Gasteiger partial charge in [-0.3, -0.25) is 9.59 Å². The first-order valence-electron chi connectivity index (χ1n) is 6.21. The van der Waals surface area contributed by atoms with E-state index in [0.29, 0.717) is 21.8 Å². The molecular weight excluding hydrogens is 290 g/mol. The van der Waals surface area contributed by atoms with Crippen LogP contribution in [0.1, 0.15) is 27.2 Å². The first kappa shape index (κ1) is 14.9. The number of nitrogens with zero attached hydrogens (tertiary/aromatic N) is 3. The fraction of sp³-hybridized carbons (Fsp3) is 0.200. The number of aryl methyl sites for hydroxylation is 1. The molecule has 1 aromatic heterocycles. The van der Waals surface area contributed by atoms with Crippen LogP contribution in [0.25, 0.3) is 0 Å². The van der Waals surface area contributed by atoms with Crippen LogP contribution < -0.4 is 5.56 Å². The molecule has 0 bridgehead atoms. The molecule has 21 heavy (non-hydrogen) atoms. The Kier molecular flexibility index (Phi) is 4.20. The lowest BCUT2D eigenvalue weighted by molar-refractivity contribution is 0.0965. The maximum absolute atomic E-state index is 12.1. The van der Waals surface area contributed by atoms with Gasteiger partial charge in [0.15, 0.2) is 5.78 Å². The SMILES string of the molecule is Cc1nn(CC(=O)c2ccc(Cl)cc2)c(=O)c(C#N)c1C. The van der Waals surface area contributed by atoms with Crippen LogP contribution in [-0.2, 0) is 6.54 Å². The quantitative estimate of drug-likeness (QED) is 0.815. The van der Waals surface area contributed by atoms with E-state index in [1.807, 2.05) is 6.07 Å². The van der Waals surface area contributed by atoms with Gasteiger partial charge in [0, 0.05) is 10.6 Å². The van der Waals surface area contributed by atoms with Gasteiger partial charge in [0.05, 0.1) is 5.69 Å². The minimum absolute atomic E-state index is 0.0198. The van der Waals surface area contributed by atoms with Crippen LogP contribution in [0.4, 0.5) is 0 Å². The van der Waals surface area contributed by atoms with E-state index in [9.17, 15) is 9.59 Å². The Labute approximate surface area is 126 Å². The molecule has 0 aliphatic carbocycles. The van der Waals surface area contributed by atoms with Crippen LogP contribution in [0, 0.1) is 25.2 Å². The Morgan fingerprint density at radius 3 is 2.52 bits per heavy atom. The molecule has 6 heteroatoms. The number of carbonyl (C=O) groups is 1. The number of ketones is 1. The van der Waals surface area contributed by atoms with Gasteiger partial charge in [-0.05, 0) is 43.7 Å². The molecule has 0 saturated heterocycles. The minimum atomic E-state index is -0.553. The summed E-state index contributed by atoms with van der Waals surface area (Å²) in [5.74, 6) is -0.270. The van der Waals surface area contributed by atoms with Gasteiger partial charge in [0.2, 0.25) is 0 Å². The summed E-state index contributed by atoms with van der Waals surface area (Å²) in [5, 5.41) is 13.6. The Hall–Kier alpha value is -2.45. The summed E-state index contributed by atoms with van der Waals surface area (Å²) in [4.78, 5) is 24.2. The third-order valence-electron chi connectivity index (χ3n) is 3.21. The molecule has 5 nitrogen and oxygen atoms in total. The molecule has 1 heterocycles. The largest absolute Gasteiger partial charge is 0.292 e. The second-order valence-electron chi connectivity index (χ2n) is 4.59. The van der Waals surface area contributed by atoms with Crippen molar-refractivity contribution >= 4 is 17.4 Å². The summed E-state index contributed by atoms with van der Waals surface area (Å²) in [5.41, 5.74) is 0.993. The van der Waals surface area contributed by atoms with Gasteiger partial charge in [0.1, 0.15) is 18.2 Å². The number of hydrogen-bond donors (Lipinski definition) is 0. The van der Waals surface area contributed by atoms with Crippen molar-refractivity contribution < 1.29 is 4.79 Å². The molecule has 0 radical (unpaired) electrons. The van der Waals surface area contributed by atoms with Crippen LogP contribution in [0.2, 0.25) is 5.02 Å². The predicted octanol–water partition coefficient (Wildman–Crippen LogP) is 2.27. The lowest BCUT2D eigenvalue weighted by Crippen LogP contribution is -2.30. The summed E-state index contributed by atoms with van der Waals surface area (Å²) < 4.78 is 1.03. The molecular formula is C15H12ClN3O2. The highest BCUT2D eigenvalue weighted by Crippen LogP contribution is 2.11. The van der Waals surface area contributed by atoms with Crippen molar-refractivity contribution in [1.82, 2.24) is 9.78 Å². The molecule has 0 aliphatic heterocycles. The third-order valence-corrected chi connectivity index (χ3v) is 3.46. The molecule has 0 aliphatic rings. The summed E-state index contributed by atoms with van der Waals surface area (Å²) >= 11 is 5.76. The van der Waals surface area contributed by atoms with E-state index >= 15 is 0 Å². The van der Waals surface area contributed by atoms with E-state index in [0.717, 1.165) is 4.68 Å². The van der Waals surface area contributed by atoms with Crippen LogP contribution in [0.3, 0.4) is 0 Å². The molecule has 0 spiro atoms. The van der Waals surface area contributed by atoms with Crippen molar-refractivity contribution in [3.8, 4) is 6.07 Å². The highest BCUT2D eigenvalue weighted by molar-refractivity contribution is 6.30. The van der Waals surface area contributed by atoms with Crippen molar-refractivity contribution in [3.63, 3.8) is 0 Å². The molecule has 0 fully saturated rings. The molecule has 1 aromatic carbocycles. The van der Waals surface area contributed by atoms with E-state index in [2.05, 4.69) is 5.10 Å². The predicted molar refractivity (Wildman–Crippen MR) is 78.5 cm³/mol. The number of carbonyl (C=O) groups excluding carboxylic acids is 1. The summed E-state index contributed by atoms with van der Waals surface area (Å²) in [6, 6.07) is 8.24. The second kappa shape index (κ2) is 5.90. The number of halogens is 1. The lowest BCUT2D eigenvalue weighted by atomic mass is 10.1. The van der Waals surface area contributed by atoms with E-state index in [1.54, 1.807) is 38.1 Å². The number of benzene rings is 1. The lowest BCUT2D eigenvalue weighted by Gasteiger charge is -2.08. The minimum Gasteiger partial charge on any atom is -0.292 e. The Bertz CT molecular complexity index is 801. The fourth-order valence-corrected chi connectivity index (χ4v) is 2.00. The average molecular weight is 302 g/mol. The third kappa shape index (κ3) is 3.01. The van der Waals surface area contributed by atoms with Gasteiger partial charge in [0.25, 0.3) is 5.56 Å². The molecule has 0 unspecified atom stereocenters. The molecule has 0 amide bonds. The molecule has 2 aromatic rings. The Balaban J connectivity index is 2.39. The Morgan fingerprint density at radius 2 is 1.95 bits per heavy atom. The summed E-state index contributed by atoms with van der Waals surface area (Å²) in [6.45, 7) is 3.14. The van der Waals surface area contributed by atoms with Crippen molar-refractivity contribution in [3.05, 3.63) is 62.0 Å². The zero-order valence-electron chi connectivity index (χ0n) is 11.6. The summed E-state index contributed by atoms with van der Waals surface area (Å²) in [7, 11) is 0. The van der Waals surface area contributed by atoms with Crippen molar-refractivity contribution in [2.45, 2.75) is 20.4 Å². The maximum Gasteiger partial charge on any atom is 0.285 e. The van der Waals surface area contributed by atoms with Crippen molar-refractivity contribution in [1.29, 1.82) is 5.26 Å². The molecule has 0 saturated carbocycles. The average Bonchev–Trinajstić information content (AvgIpc) is 2.46. The fourth-order valence-electron chi connectivity index (χ4n) is 1.87. The molecule has 2 rings (SSSR count). The van der Waals surface area contributed by atoms with Crippen molar-refractivity contribution in [2.24, 2.45) is 0 Å². The summed E-state index contributed by atoms with van der Waals surface area (Å²) in [6.07, 6.45) is 0. The van der Waals surface area contributed by atoms with Crippen LogP contribution in [0.15, 0.2) is 29.1 Å². The van der Waals surface area contributed by atoms with Gasteiger partial charge in [-0.25, -0.2) is 4.68 Å². The van der Waals surface area contributed by atoms with E-state index in [-0.39, 0.29) is 17.9 Å². The van der Waals surface area contributed by atoms with Crippen LogP contribution in [0.5, 0.6) is 0 Å². The second-order valence-corrected chi connectivity index (χ2v) is 5.03. The van der Waals surface area contributed by atoms with Gasteiger partial charge in [-0.2, -0.15) is 10.4 Å². The van der Waals surface area contributed by atoms with E-state index in [1.165, 1.54) is 0 Å². The van der Waals surface area contributed by atoms with Crippen LogP contribution in [-0.4, -0.2) is 15.6 Å². The standard InChI is InChI=1S/C15H12ClN3O2/c1-9-10(2)18-19(15(21)13(9)7-17)8-14(20)11-3-5-12(16)6-4-11/h3-6H,8H2,1-2H3. The number of hydrogen-bond acceptors (Lipinski definition) is 4. The number of nitriles is 1. The number of rotatable bonds is 3. The zero-order valence-corrected chi connectivity index (χ0v) is 12.3. The van der Waals surface area contributed by atoms with Crippen LogP contribution >= 0.6 is 11.6 Å². The normalized spacial score (nSPS) is 10.2. The van der Waals surface area contributed by atoms with Gasteiger partial charge in [-0.1, -0.05) is 11.6 Å². The van der Waals surface area contributed by atoms with E-state index in [4.69, 9.17) is 16.9 Å². The van der Waals surface area contributed by atoms with Gasteiger partial charge >= 0.3 is 0 Å². The highest BCUT2D eigenvalue weighted by atomic mass is 35.5. The van der Waals surface area contributed by atoms with E-state index < -0.39 is 5.56 Å². The molecule has 0 N–H and O–H groups in total. The first-order valence-corrected chi connectivity index (χ1v) is 6.59. The topological polar surface area (TPSA) is 75.8 Å². The van der Waals surface area contributed by atoms with Crippen molar-refractivity contribution in [2.75, 3.05) is 0 Å². The molecule has 0 atom stereocenters. The maximum atomic E-state index is 12.1. The highest BCUT2D eigenvalue weighted by Gasteiger charge is 2.14. The monoisotopic (exact) mass is 301 g/mol. The first-order chi connectivity index (χ1) is 9.93. The zero-order chi connectivity index (χ0) is 15.6.